The first-order chi connectivity index (χ1) is 12.9. The van der Waals surface area contributed by atoms with Gasteiger partial charge in [0.15, 0.2) is 0 Å². The Labute approximate surface area is 159 Å². The van der Waals surface area contributed by atoms with Crippen LogP contribution in [0.2, 0.25) is 0 Å². The van der Waals surface area contributed by atoms with Gasteiger partial charge in [0.05, 0.1) is 26.4 Å². The molecule has 0 spiro atoms. The van der Waals surface area contributed by atoms with Crippen molar-refractivity contribution in [2.45, 2.75) is 13.2 Å². The lowest BCUT2D eigenvalue weighted by atomic mass is 10.1. The predicted molar refractivity (Wildman–Crippen MR) is 97.7 cm³/mol. The van der Waals surface area contributed by atoms with E-state index in [2.05, 4.69) is 0 Å². The molecule has 0 bridgehead atoms. The number of nitrogen functional groups attached to an aromatic ring is 1. The van der Waals surface area contributed by atoms with E-state index in [-0.39, 0.29) is 27.6 Å². The molecule has 0 radical (unpaired) electrons. The average molecular weight is 393 g/mol. The van der Waals surface area contributed by atoms with Gasteiger partial charge in [0, 0.05) is 12.7 Å². The number of hydrogen-bond acceptors (Lipinski definition) is 9. The fourth-order valence-corrected chi connectivity index (χ4v) is 3.36. The number of anilines is 1. The predicted octanol–water partition coefficient (Wildman–Crippen LogP) is 2.41. The van der Waals surface area contributed by atoms with Gasteiger partial charge < -0.3 is 24.7 Å². The standard InChI is InChI=1S/C18H19NO7S/c1-23-8-10-5-4-6-11(7-10)16(20)26-9-12-13(17(21)24-2)15(19)27-14(12)18(22)25-3/h4-7H,8-9,19H2,1-3H3. The lowest BCUT2D eigenvalue weighted by Crippen LogP contribution is -2.13. The molecule has 0 aliphatic rings. The van der Waals surface area contributed by atoms with Crippen LogP contribution in [0.1, 0.15) is 41.5 Å². The quantitative estimate of drug-likeness (QED) is 0.563. The zero-order valence-electron chi connectivity index (χ0n) is 15.1. The van der Waals surface area contributed by atoms with Crippen molar-refractivity contribution in [3.8, 4) is 0 Å². The molecule has 0 aliphatic heterocycles. The maximum atomic E-state index is 12.4. The summed E-state index contributed by atoms with van der Waals surface area (Å²) in [5, 5.41) is 0.0791. The molecule has 2 aromatic rings. The Kier molecular flexibility index (Phi) is 6.91. The number of carbonyl (C=O) groups excluding carboxylic acids is 3. The van der Waals surface area contributed by atoms with Gasteiger partial charge in [0.2, 0.25) is 0 Å². The van der Waals surface area contributed by atoms with Gasteiger partial charge in [-0.15, -0.1) is 11.3 Å². The third-order valence-corrected chi connectivity index (χ3v) is 4.66. The smallest absolute Gasteiger partial charge is 0.348 e. The van der Waals surface area contributed by atoms with Crippen LogP contribution >= 0.6 is 11.3 Å². The van der Waals surface area contributed by atoms with Crippen LogP contribution in [0.15, 0.2) is 24.3 Å². The minimum absolute atomic E-state index is 0.0103. The summed E-state index contributed by atoms with van der Waals surface area (Å²) in [5.41, 5.74) is 7.09. The maximum Gasteiger partial charge on any atom is 0.348 e. The molecule has 144 valence electrons. The van der Waals surface area contributed by atoms with Crippen LogP contribution in [-0.4, -0.2) is 39.2 Å². The highest BCUT2D eigenvalue weighted by Gasteiger charge is 2.28. The number of hydrogen-bond donors (Lipinski definition) is 1. The molecule has 9 heteroatoms. The van der Waals surface area contributed by atoms with Crippen molar-refractivity contribution < 1.29 is 33.3 Å². The molecule has 0 unspecified atom stereocenters. The maximum absolute atomic E-state index is 12.4. The Morgan fingerprint density at radius 2 is 1.70 bits per heavy atom. The van der Waals surface area contributed by atoms with Crippen LogP contribution in [0.4, 0.5) is 5.00 Å². The summed E-state index contributed by atoms with van der Waals surface area (Å²) in [7, 11) is 3.94. The number of carbonyl (C=O) groups is 3. The molecule has 0 aliphatic carbocycles. The Morgan fingerprint density at radius 1 is 1.00 bits per heavy atom. The Balaban J connectivity index is 2.28. The molecule has 1 heterocycles. The topological polar surface area (TPSA) is 114 Å². The van der Waals surface area contributed by atoms with Crippen molar-refractivity contribution in [3.63, 3.8) is 0 Å². The molecule has 1 aromatic carbocycles. The molecule has 0 saturated heterocycles. The summed E-state index contributed by atoms with van der Waals surface area (Å²) in [4.78, 5) is 36.4. The van der Waals surface area contributed by atoms with Crippen molar-refractivity contribution in [3.05, 3.63) is 51.4 Å². The number of methoxy groups -OCH3 is 3. The highest BCUT2D eigenvalue weighted by molar-refractivity contribution is 7.18. The van der Waals surface area contributed by atoms with Gasteiger partial charge in [0.1, 0.15) is 22.0 Å². The fourth-order valence-electron chi connectivity index (χ4n) is 2.38. The van der Waals surface area contributed by atoms with E-state index in [0.717, 1.165) is 16.9 Å². The molecule has 1 aromatic heterocycles. The molecule has 2 N–H and O–H groups in total. The molecular formula is C18H19NO7S. The number of nitrogens with two attached hydrogens (primary N) is 1. The largest absolute Gasteiger partial charge is 0.465 e. The van der Waals surface area contributed by atoms with Gasteiger partial charge >= 0.3 is 17.9 Å². The first kappa shape index (κ1) is 20.4. The van der Waals surface area contributed by atoms with Crippen LogP contribution in [-0.2, 0) is 32.2 Å². The Bertz CT molecular complexity index is 859. The second-order valence-corrected chi connectivity index (χ2v) is 6.39. The van der Waals surface area contributed by atoms with Crippen molar-refractivity contribution in [2.24, 2.45) is 0 Å². The van der Waals surface area contributed by atoms with Crippen molar-refractivity contribution in [1.29, 1.82) is 0 Å². The minimum atomic E-state index is -0.730. The fraction of sp³-hybridized carbons (Fsp3) is 0.278. The third-order valence-electron chi connectivity index (χ3n) is 3.62. The Morgan fingerprint density at radius 3 is 2.33 bits per heavy atom. The number of ether oxygens (including phenoxy) is 4. The SMILES string of the molecule is COCc1cccc(C(=O)OCc2c(C(=O)OC)sc(N)c2C(=O)OC)c1. The minimum Gasteiger partial charge on any atom is -0.465 e. The highest BCUT2D eigenvalue weighted by Crippen LogP contribution is 2.33. The van der Waals surface area contributed by atoms with Crippen LogP contribution in [0.3, 0.4) is 0 Å². The van der Waals surface area contributed by atoms with E-state index >= 15 is 0 Å². The zero-order valence-corrected chi connectivity index (χ0v) is 15.9. The highest BCUT2D eigenvalue weighted by atomic mass is 32.1. The van der Waals surface area contributed by atoms with Crippen LogP contribution in [0.5, 0.6) is 0 Å². The molecule has 0 saturated carbocycles. The van der Waals surface area contributed by atoms with Crippen LogP contribution < -0.4 is 5.73 Å². The van der Waals surface area contributed by atoms with E-state index < -0.39 is 17.9 Å². The lowest BCUT2D eigenvalue weighted by Gasteiger charge is -2.09. The number of rotatable bonds is 7. The molecule has 8 nitrogen and oxygen atoms in total. The van der Waals surface area contributed by atoms with Crippen LogP contribution in [0.25, 0.3) is 0 Å². The van der Waals surface area contributed by atoms with Gasteiger partial charge in [-0.05, 0) is 17.7 Å². The summed E-state index contributed by atoms with van der Waals surface area (Å²) in [6, 6.07) is 6.74. The number of esters is 3. The molecule has 2 rings (SSSR count). The summed E-state index contributed by atoms with van der Waals surface area (Å²) in [6.07, 6.45) is 0. The van der Waals surface area contributed by atoms with Gasteiger partial charge in [-0.2, -0.15) is 0 Å². The second-order valence-electron chi connectivity index (χ2n) is 5.34. The van der Waals surface area contributed by atoms with Gasteiger partial charge in [-0.3, -0.25) is 0 Å². The lowest BCUT2D eigenvalue weighted by molar-refractivity contribution is 0.0452. The summed E-state index contributed by atoms with van der Waals surface area (Å²) in [6.45, 7) is 0.0110. The molecule has 27 heavy (non-hydrogen) atoms. The van der Waals surface area contributed by atoms with Gasteiger partial charge in [-0.25, -0.2) is 14.4 Å². The molecule has 0 atom stereocenters. The van der Waals surface area contributed by atoms with E-state index in [9.17, 15) is 14.4 Å². The van der Waals surface area contributed by atoms with Crippen molar-refractivity contribution >= 4 is 34.2 Å². The average Bonchev–Trinajstić information content (AvgIpc) is 3.01. The third kappa shape index (κ3) is 4.63. The van der Waals surface area contributed by atoms with E-state index in [1.165, 1.54) is 14.2 Å². The second kappa shape index (κ2) is 9.15. The van der Waals surface area contributed by atoms with E-state index in [0.29, 0.717) is 12.2 Å². The number of benzene rings is 1. The van der Waals surface area contributed by atoms with E-state index in [4.69, 9.17) is 24.7 Å². The Hall–Kier alpha value is -2.91. The first-order valence-corrected chi connectivity index (χ1v) is 8.57. The molecule has 0 amide bonds. The normalized spacial score (nSPS) is 10.3. The molecular weight excluding hydrogens is 374 g/mol. The zero-order chi connectivity index (χ0) is 20.0. The summed E-state index contributed by atoms with van der Waals surface area (Å²) < 4.78 is 19.7. The van der Waals surface area contributed by atoms with E-state index in [1.54, 1.807) is 25.3 Å². The summed E-state index contributed by atoms with van der Waals surface area (Å²) >= 11 is 0.868. The first-order valence-electron chi connectivity index (χ1n) is 7.75. The monoisotopic (exact) mass is 393 g/mol. The molecule has 0 fully saturated rings. The van der Waals surface area contributed by atoms with E-state index in [1.807, 2.05) is 6.07 Å². The van der Waals surface area contributed by atoms with Gasteiger partial charge in [0.25, 0.3) is 0 Å². The number of thiophene rings is 1. The van der Waals surface area contributed by atoms with Crippen molar-refractivity contribution in [1.82, 2.24) is 0 Å². The van der Waals surface area contributed by atoms with Crippen molar-refractivity contribution in [2.75, 3.05) is 27.1 Å². The van der Waals surface area contributed by atoms with Gasteiger partial charge in [-0.1, -0.05) is 12.1 Å². The van der Waals surface area contributed by atoms with Crippen LogP contribution in [0, 0.1) is 0 Å². The summed E-state index contributed by atoms with van der Waals surface area (Å²) in [5.74, 6) is -2.04.